The Hall–Kier alpha value is -1.33. The zero-order chi connectivity index (χ0) is 13.4. The Labute approximate surface area is 120 Å². The Balaban J connectivity index is 1.88. The lowest BCUT2D eigenvalue weighted by Gasteiger charge is -2.30. The standard InChI is InChI=1S/C14H16BrN3O/c1-10(19)11-2-3-13(12(15)8-11)18-7-6-17-5-4-16-14(17)9-18/h2-5,8,10,19H,6-7,9H2,1H3/t10-/m0/s1. The molecule has 1 aliphatic rings. The zero-order valence-corrected chi connectivity index (χ0v) is 12.3. The van der Waals surface area contributed by atoms with Gasteiger partial charge in [-0.2, -0.15) is 0 Å². The van der Waals surface area contributed by atoms with E-state index in [9.17, 15) is 5.11 Å². The summed E-state index contributed by atoms with van der Waals surface area (Å²) in [6.07, 6.45) is 3.44. The van der Waals surface area contributed by atoms with Gasteiger partial charge in [-0.1, -0.05) is 6.07 Å². The molecular weight excluding hydrogens is 306 g/mol. The summed E-state index contributed by atoms with van der Waals surface area (Å²) in [5, 5.41) is 9.60. The Morgan fingerprint density at radius 3 is 2.95 bits per heavy atom. The molecule has 1 aromatic heterocycles. The molecule has 2 heterocycles. The molecule has 1 atom stereocenters. The monoisotopic (exact) mass is 321 g/mol. The van der Waals surface area contributed by atoms with Gasteiger partial charge in [0.2, 0.25) is 0 Å². The van der Waals surface area contributed by atoms with Crippen molar-refractivity contribution >= 4 is 21.6 Å². The maximum Gasteiger partial charge on any atom is 0.128 e. The highest BCUT2D eigenvalue weighted by Crippen LogP contribution is 2.31. The fraction of sp³-hybridized carbons (Fsp3) is 0.357. The molecule has 0 fully saturated rings. The number of aromatic nitrogens is 2. The second kappa shape index (κ2) is 4.98. The third kappa shape index (κ3) is 2.40. The Morgan fingerprint density at radius 1 is 1.37 bits per heavy atom. The second-order valence-corrected chi connectivity index (χ2v) is 5.70. The number of hydrogen-bond acceptors (Lipinski definition) is 3. The largest absolute Gasteiger partial charge is 0.389 e. The number of hydrogen-bond donors (Lipinski definition) is 1. The van der Waals surface area contributed by atoms with Crippen LogP contribution in [-0.2, 0) is 13.1 Å². The van der Waals surface area contributed by atoms with Crippen molar-refractivity contribution in [1.29, 1.82) is 0 Å². The topological polar surface area (TPSA) is 41.3 Å². The van der Waals surface area contributed by atoms with Crippen molar-refractivity contribution in [2.45, 2.75) is 26.1 Å². The van der Waals surface area contributed by atoms with Gasteiger partial charge in [0.15, 0.2) is 0 Å². The lowest BCUT2D eigenvalue weighted by molar-refractivity contribution is 0.199. The second-order valence-electron chi connectivity index (χ2n) is 4.85. The summed E-state index contributed by atoms with van der Waals surface area (Å²) in [5.74, 6) is 1.10. The first-order valence-corrected chi connectivity index (χ1v) is 7.17. The molecule has 4 nitrogen and oxygen atoms in total. The highest BCUT2D eigenvalue weighted by Gasteiger charge is 2.19. The Morgan fingerprint density at radius 2 is 2.21 bits per heavy atom. The number of anilines is 1. The van der Waals surface area contributed by atoms with Crippen molar-refractivity contribution in [3.8, 4) is 0 Å². The molecule has 0 unspecified atom stereocenters. The van der Waals surface area contributed by atoms with E-state index in [-0.39, 0.29) is 0 Å². The molecule has 19 heavy (non-hydrogen) atoms. The Kier molecular flexibility index (Phi) is 3.33. The molecule has 3 rings (SSSR count). The fourth-order valence-electron chi connectivity index (χ4n) is 2.42. The van der Waals surface area contributed by atoms with Crippen LogP contribution in [-0.4, -0.2) is 21.2 Å². The van der Waals surface area contributed by atoms with Crippen LogP contribution in [0.1, 0.15) is 24.4 Å². The van der Waals surface area contributed by atoms with E-state index in [2.05, 4.69) is 36.4 Å². The Bertz CT molecular complexity index is 594. The smallest absolute Gasteiger partial charge is 0.128 e. The van der Waals surface area contributed by atoms with Crippen molar-refractivity contribution in [3.05, 3.63) is 46.5 Å². The molecule has 0 bridgehead atoms. The lowest BCUT2D eigenvalue weighted by atomic mass is 10.1. The molecule has 0 saturated heterocycles. The van der Waals surface area contributed by atoms with Gasteiger partial charge in [-0.25, -0.2) is 4.98 Å². The van der Waals surface area contributed by atoms with Gasteiger partial charge in [0, 0.05) is 30.0 Å². The highest BCUT2D eigenvalue weighted by atomic mass is 79.9. The van der Waals surface area contributed by atoms with Gasteiger partial charge in [0.1, 0.15) is 5.82 Å². The van der Waals surface area contributed by atoms with Gasteiger partial charge < -0.3 is 14.6 Å². The first kappa shape index (κ1) is 12.7. The van der Waals surface area contributed by atoms with Crippen LogP contribution in [0.3, 0.4) is 0 Å². The van der Waals surface area contributed by atoms with Crippen LogP contribution in [0, 0.1) is 0 Å². The minimum Gasteiger partial charge on any atom is -0.389 e. The number of nitrogens with zero attached hydrogens (tertiary/aromatic N) is 3. The van der Waals surface area contributed by atoms with Gasteiger partial charge in [-0.05, 0) is 40.5 Å². The number of aliphatic hydroxyl groups excluding tert-OH is 1. The van der Waals surface area contributed by atoms with E-state index in [0.29, 0.717) is 0 Å². The lowest BCUT2D eigenvalue weighted by Crippen LogP contribution is -2.33. The van der Waals surface area contributed by atoms with E-state index < -0.39 is 6.10 Å². The molecule has 0 spiro atoms. The van der Waals surface area contributed by atoms with Crippen molar-refractivity contribution in [2.75, 3.05) is 11.4 Å². The minimum absolute atomic E-state index is 0.439. The summed E-state index contributed by atoms with van der Waals surface area (Å²) >= 11 is 3.60. The van der Waals surface area contributed by atoms with Crippen molar-refractivity contribution in [2.24, 2.45) is 0 Å². The summed E-state index contributed by atoms with van der Waals surface area (Å²) in [6, 6.07) is 6.03. The summed E-state index contributed by atoms with van der Waals surface area (Å²) in [7, 11) is 0. The average Bonchev–Trinajstić information content (AvgIpc) is 2.85. The van der Waals surface area contributed by atoms with E-state index in [1.807, 2.05) is 24.5 Å². The van der Waals surface area contributed by atoms with Gasteiger partial charge >= 0.3 is 0 Å². The van der Waals surface area contributed by atoms with Crippen LogP contribution in [0.5, 0.6) is 0 Å². The first-order chi connectivity index (χ1) is 9.15. The minimum atomic E-state index is -0.439. The number of halogens is 1. The van der Waals surface area contributed by atoms with Crippen LogP contribution in [0.2, 0.25) is 0 Å². The van der Waals surface area contributed by atoms with Crippen LogP contribution in [0.4, 0.5) is 5.69 Å². The molecule has 100 valence electrons. The fourth-order valence-corrected chi connectivity index (χ4v) is 3.07. The predicted octanol–water partition coefficient (Wildman–Crippen LogP) is 2.72. The number of fused-ring (bicyclic) bond motifs is 1. The molecule has 0 amide bonds. The number of imidazole rings is 1. The third-order valence-corrected chi connectivity index (χ3v) is 4.17. The third-order valence-electron chi connectivity index (χ3n) is 3.54. The highest BCUT2D eigenvalue weighted by molar-refractivity contribution is 9.10. The molecule has 1 aliphatic heterocycles. The van der Waals surface area contributed by atoms with Gasteiger partial charge in [-0.3, -0.25) is 0 Å². The predicted molar refractivity (Wildman–Crippen MR) is 78.1 cm³/mol. The first-order valence-electron chi connectivity index (χ1n) is 6.37. The SMILES string of the molecule is C[C@H](O)c1ccc(N2CCn3ccnc3C2)c(Br)c1. The number of benzene rings is 1. The number of rotatable bonds is 2. The van der Waals surface area contributed by atoms with E-state index in [4.69, 9.17) is 0 Å². The summed E-state index contributed by atoms with van der Waals surface area (Å²) in [5.41, 5.74) is 2.08. The molecular formula is C14H16BrN3O. The van der Waals surface area contributed by atoms with E-state index in [0.717, 1.165) is 41.2 Å². The van der Waals surface area contributed by atoms with E-state index in [1.165, 1.54) is 0 Å². The summed E-state index contributed by atoms with van der Waals surface area (Å²) < 4.78 is 3.21. The van der Waals surface area contributed by atoms with Gasteiger partial charge in [-0.15, -0.1) is 0 Å². The van der Waals surface area contributed by atoms with Crippen LogP contribution < -0.4 is 4.90 Å². The number of aliphatic hydroxyl groups is 1. The molecule has 5 heteroatoms. The zero-order valence-electron chi connectivity index (χ0n) is 10.8. The maximum atomic E-state index is 9.60. The van der Waals surface area contributed by atoms with E-state index in [1.54, 1.807) is 6.92 Å². The molecule has 0 saturated carbocycles. The molecule has 1 N–H and O–H groups in total. The van der Waals surface area contributed by atoms with Crippen molar-refractivity contribution < 1.29 is 5.11 Å². The average molecular weight is 322 g/mol. The molecule has 0 radical (unpaired) electrons. The molecule has 2 aromatic rings. The summed E-state index contributed by atoms with van der Waals surface area (Å²) in [4.78, 5) is 6.68. The van der Waals surface area contributed by atoms with Crippen LogP contribution in [0.25, 0.3) is 0 Å². The summed E-state index contributed by atoms with van der Waals surface area (Å²) in [6.45, 7) is 4.52. The van der Waals surface area contributed by atoms with E-state index >= 15 is 0 Å². The quantitative estimate of drug-likeness (QED) is 0.924. The van der Waals surface area contributed by atoms with Crippen molar-refractivity contribution in [3.63, 3.8) is 0 Å². The van der Waals surface area contributed by atoms with Crippen molar-refractivity contribution in [1.82, 2.24) is 9.55 Å². The molecule has 0 aliphatic carbocycles. The van der Waals surface area contributed by atoms with Gasteiger partial charge in [0.25, 0.3) is 0 Å². The normalized spacial score (nSPS) is 16.3. The van der Waals surface area contributed by atoms with Gasteiger partial charge in [0.05, 0.1) is 18.3 Å². The molecule has 1 aromatic carbocycles. The van der Waals surface area contributed by atoms with Crippen LogP contribution >= 0.6 is 15.9 Å². The van der Waals surface area contributed by atoms with Crippen LogP contribution in [0.15, 0.2) is 35.1 Å². The maximum absolute atomic E-state index is 9.60.